The third-order valence-corrected chi connectivity index (χ3v) is 5.04. The average Bonchev–Trinajstić information content (AvgIpc) is 3.03. The Labute approximate surface area is 195 Å². The number of likely N-dealkylation sites (tertiary alicyclic amines) is 1. The number of hydrogen-bond acceptors (Lipinski definition) is 6. The zero-order valence-corrected chi connectivity index (χ0v) is 20.8. The van der Waals surface area contributed by atoms with Gasteiger partial charge in [-0.3, -0.25) is 19.5 Å². The summed E-state index contributed by atoms with van der Waals surface area (Å²) in [6, 6.07) is 2.04. The molecule has 1 aromatic heterocycles. The molecule has 0 radical (unpaired) electrons. The van der Waals surface area contributed by atoms with Crippen molar-refractivity contribution in [3.63, 3.8) is 0 Å². The van der Waals surface area contributed by atoms with E-state index in [1.807, 2.05) is 26.8 Å². The van der Waals surface area contributed by atoms with Crippen molar-refractivity contribution in [1.29, 1.82) is 0 Å². The third kappa shape index (κ3) is 9.53. The zero-order chi connectivity index (χ0) is 24.6. The number of aliphatic carboxylic acids is 1. The smallest absolute Gasteiger partial charge is 0.408 e. The molecule has 1 amide bonds. The fourth-order valence-electron chi connectivity index (χ4n) is 3.49. The van der Waals surface area contributed by atoms with E-state index in [2.05, 4.69) is 36.1 Å². The van der Waals surface area contributed by atoms with Gasteiger partial charge in [0.2, 0.25) is 0 Å². The van der Waals surface area contributed by atoms with Crippen LogP contribution in [-0.4, -0.2) is 52.0 Å². The molecule has 2 atom stereocenters. The maximum Gasteiger partial charge on any atom is 0.408 e. The molecule has 8 nitrogen and oxygen atoms in total. The van der Waals surface area contributed by atoms with Gasteiger partial charge in [0.15, 0.2) is 0 Å². The Bertz CT molecular complexity index is 795. The van der Waals surface area contributed by atoms with Crippen LogP contribution in [-0.2, 0) is 14.3 Å². The Kier molecular flexibility index (Phi) is 10.6. The summed E-state index contributed by atoms with van der Waals surface area (Å²) in [7, 11) is 2.12. The number of carbonyl (C=O) groups excluding carboxylic acids is 2. The molecule has 1 fully saturated rings. The lowest BCUT2D eigenvalue weighted by molar-refractivity contribution is -0.139. The number of rotatable bonds is 6. The van der Waals surface area contributed by atoms with Crippen molar-refractivity contribution in [2.45, 2.75) is 78.5 Å². The first-order chi connectivity index (χ1) is 14.7. The van der Waals surface area contributed by atoms with Gasteiger partial charge >= 0.3 is 12.1 Å². The maximum absolute atomic E-state index is 12.3. The van der Waals surface area contributed by atoms with E-state index in [0.29, 0.717) is 5.02 Å². The lowest BCUT2D eigenvalue weighted by Gasteiger charge is -2.29. The van der Waals surface area contributed by atoms with Crippen LogP contribution in [0.1, 0.15) is 84.1 Å². The Morgan fingerprint density at radius 2 is 1.97 bits per heavy atom. The number of aromatic nitrogens is 1. The zero-order valence-electron chi connectivity index (χ0n) is 20.1. The van der Waals surface area contributed by atoms with Crippen molar-refractivity contribution in [1.82, 2.24) is 15.2 Å². The number of pyridine rings is 1. The van der Waals surface area contributed by atoms with Gasteiger partial charge in [0.25, 0.3) is 0 Å². The molecule has 0 aliphatic carbocycles. The molecule has 0 aromatic carbocycles. The predicted octanol–water partition coefficient (Wildman–Crippen LogP) is 4.77. The summed E-state index contributed by atoms with van der Waals surface area (Å²) in [5.41, 5.74) is 1.44. The summed E-state index contributed by atoms with van der Waals surface area (Å²) in [6.07, 6.45) is 3.09. The van der Waals surface area contributed by atoms with Crippen molar-refractivity contribution in [2.75, 3.05) is 13.6 Å². The second-order valence-electron chi connectivity index (χ2n) is 9.41. The van der Waals surface area contributed by atoms with E-state index in [4.69, 9.17) is 21.4 Å². The molecular formula is C23H36ClN3O5. The number of nitrogens with zero attached hydrogens (tertiary/aromatic N) is 2. The Morgan fingerprint density at radius 3 is 2.38 bits per heavy atom. The van der Waals surface area contributed by atoms with Crippen LogP contribution < -0.4 is 5.32 Å². The molecule has 2 N–H and O–H groups in total. The van der Waals surface area contributed by atoms with Crippen LogP contribution in [0.15, 0.2) is 12.3 Å². The number of ketones is 1. The van der Waals surface area contributed by atoms with E-state index < -0.39 is 17.7 Å². The molecule has 1 saturated heterocycles. The van der Waals surface area contributed by atoms with Crippen molar-refractivity contribution in [3.05, 3.63) is 28.5 Å². The first kappa shape index (κ1) is 27.8. The molecule has 0 spiro atoms. The molecule has 32 heavy (non-hydrogen) atoms. The number of alkyl carbamates (subject to hydrolysis) is 1. The molecule has 0 saturated carbocycles. The van der Waals surface area contributed by atoms with Crippen LogP contribution in [0.3, 0.4) is 0 Å². The van der Waals surface area contributed by atoms with E-state index >= 15 is 0 Å². The van der Waals surface area contributed by atoms with E-state index in [9.17, 15) is 14.4 Å². The highest BCUT2D eigenvalue weighted by atomic mass is 35.5. The highest BCUT2D eigenvalue weighted by molar-refractivity contribution is 6.30. The number of carboxylic acids is 1. The second kappa shape index (κ2) is 12.2. The predicted molar refractivity (Wildman–Crippen MR) is 124 cm³/mol. The molecule has 1 aromatic rings. The van der Waals surface area contributed by atoms with Crippen LogP contribution in [0.4, 0.5) is 4.79 Å². The first-order valence-corrected chi connectivity index (χ1v) is 11.2. The van der Waals surface area contributed by atoms with Crippen LogP contribution >= 0.6 is 11.6 Å². The van der Waals surface area contributed by atoms with Crippen molar-refractivity contribution >= 4 is 29.4 Å². The largest absolute Gasteiger partial charge is 0.481 e. The number of carboxylic acid groups (broad SMARTS) is 1. The second-order valence-corrected chi connectivity index (χ2v) is 9.84. The van der Waals surface area contributed by atoms with Crippen molar-refractivity contribution in [3.8, 4) is 0 Å². The average molecular weight is 470 g/mol. The minimum absolute atomic E-state index is 0.173. The molecule has 0 bridgehead atoms. The fraction of sp³-hybridized carbons (Fsp3) is 0.652. The minimum atomic E-state index is -1.06. The molecular weight excluding hydrogens is 434 g/mol. The molecule has 1 aliphatic rings. The van der Waals surface area contributed by atoms with Crippen LogP contribution in [0.2, 0.25) is 5.02 Å². The van der Waals surface area contributed by atoms with Crippen LogP contribution in [0.25, 0.3) is 0 Å². The SMILES string of the molecule is CC(=O)CC(=O)O.CC(C)C(NC(=O)OC(C)(C)C)c1ncc(Cl)cc1C1CCCN1C. The topological polar surface area (TPSA) is 109 Å². The van der Waals surface area contributed by atoms with Gasteiger partial charge < -0.3 is 15.2 Å². The Balaban J connectivity index is 0.000000633. The number of amides is 1. The van der Waals surface area contributed by atoms with Crippen LogP contribution in [0, 0.1) is 5.92 Å². The standard InChI is InChI=1S/C19H30ClN3O2.C4H6O3/c1-12(2)16(22-18(24)25-19(3,4)5)17-14(10-13(20)11-21-17)15-8-7-9-23(15)6;1-3(5)2-4(6)7/h10-12,15-16H,7-9H2,1-6H3,(H,22,24);2H2,1H3,(H,6,7). The highest BCUT2D eigenvalue weighted by Gasteiger charge is 2.31. The quantitative estimate of drug-likeness (QED) is 0.577. The summed E-state index contributed by atoms with van der Waals surface area (Å²) < 4.78 is 5.44. The Hall–Kier alpha value is -2.19. The molecule has 1 aliphatic heterocycles. The molecule has 2 heterocycles. The first-order valence-electron chi connectivity index (χ1n) is 10.8. The fourth-order valence-corrected chi connectivity index (χ4v) is 3.66. The number of nitrogens with one attached hydrogen (secondary N) is 1. The molecule has 180 valence electrons. The summed E-state index contributed by atoms with van der Waals surface area (Å²) in [5.74, 6) is -1.20. The monoisotopic (exact) mass is 469 g/mol. The molecule has 9 heteroatoms. The van der Waals surface area contributed by atoms with Gasteiger partial charge in [-0.25, -0.2) is 4.79 Å². The highest BCUT2D eigenvalue weighted by Crippen LogP contribution is 2.36. The molecule has 2 unspecified atom stereocenters. The summed E-state index contributed by atoms with van der Waals surface area (Å²) in [5, 5.41) is 11.5. The maximum atomic E-state index is 12.3. The van der Waals surface area contributed by atoms with Gasteiger partial charge in [0, 0.05) is 12.2 Å². The molecule has 2 rings (SSSR count). The van der Waals surface area contributed by atoms with Gasteiger partial charge in [0.1, 0.15) is 17.8 Å². The van der Waals surface area contributed by atoms with E-state index in [1.54, 1.807) is 6.20 Å². The van der Waals surface area contributed by atoms with Gasteiger partial charge in [-0.05, 0) is 71.7 Å². The summed E-state index contributed by atoms with van der Waals surface area (Å²) >= 11 is 6.23. The number of hydrogen-bond donors (Lipinski definition) is 2. The lowest BCUT2D eigenvalue weighted by atomic mass is 9.93. The van der Waals surface area contributed by atoms with E-state index in [1.165, 1.54) is 6.92 Å². The van der Waals surface area contributed by atoms with Gasteiger partial charge in [-0.1, -0.05) is 25.4 Å². The van der Waals surface area contributed by atoms with E-state index in [-0.39, 0.29) is 30.2 Å². The Morgan fingerprint density at radius 1 is 1.34 bits per heavy atom. The lowest BCUT2D eigenvalue weighted by Crippen LogP contribution is -2.38. The normalized spacial score (nSPS) is 17.3. The van der Waals surface area contributed by atoms with Gasteiger partial charge in [0.05, 0.1) is 16.8 Å². The van der Waals surface area contributed by atoms with Gasteiger partial charge in [-0.15, -0.1) is 0 Å². The summed E-state index contributed by atoms with van der Waals surface area (Å²) in [6.45, 7) is 12.0. The van der Waals surface area contributed by atoms with Gasteiger partial charge in [-0.2, -0.15) is 0 Å². The van der Waals surface area contributed by atoms with Crippen molar-refractivity contribution < 1.29 is 24.2 Å². The van der Waals surface area contributed by atoms with Crippen molar-refractivity contribution in [2.24, 2.45) is 5.92 Å². The third-order valence-electron chi connectivity index (χ3n) is 4.83. The van der Waals surface area contributed by atoms with E-state index in [0.717, 1.165) is 30.6 Å². The summed E-state index contributed by atoms with van der Waals surface area (Å²) in [4.78, 5) is 38.7. The number of ether oxygens (including phenoxy) is 1. The number of halogens is 1. The number of carbonyl (C=O) groups is 3. The minimum Gasteiger partial charge on any atom is -0.481 e. The van der Waals surface area contributed by atoms with Crippen LogP contribution in [0.5, 0.6) is 0 Å². The number of Topliss-reactive ketones (excluding diaryl/α,β-unsaturated/α-hetero) is 1.